The number of hydrogen-bond acceptors (Lipinski definition) is 2. The van der Waals surface area contributed by atoms with Crippen LogP contribution in [-0.4, -0.2) is 30.5 Å². The third kappa shape index (κ3) is 5.70. The van der Waals surface area contributed by atoms with Crippen molar-refractivity contribution in [2.45, 2.75) is 52.6 Å². The van der Waals surface area contributed by atoms with E-state index >= 15 is 0 Å². The van der Waals surface area contributed by atoms with Crippen LogP contribution in [0.15, 0.2) is 0 Å². The summed E-state index contributed by atoms with van der Waals surface area (Å²) in [7, 11) is 0. The Balaban J connectivity index is 2.12. The van der Waals surface area contributed by atoms with Gasteiger partial charge in [0.15, 0.2) is 0 Å². The molecule has 0 spiro atoms. The van der Waals surface area contributed by atoms with Gasteiger partial charge < -0.3 is 10.1 Å². The van der Waals surface area contributed by atoms with Crippen molar-refractivity contribution < 1.29 is 9.53 Å². The zero-order valence-corrected chi connectivity index (χ0v) is 13.4. The summed E-state index contributed by atoms with van der Waals surface area (Å²) in [5.41, 5.74) is 0.173. The van der Waals surface area contributed by atoms with E-state index in [0.717, 1.165) is 37.7 Å². The SMILES string of the molecule is CCOC1CC(CC(=O)NCC(C)(C)CCBr)C1. The smallest absolute Gasteiger partial charge is 0.220 e. The lowest BCUT2D eigenvalue weighted by Crippen LogP contribution is -2.38. The van der Waals surface area contributed by atoms with Gasteiger partial charge >= 0.3 is 0 Å². The Morgan fingerprint density at radius 2 is 2.11 bits per heavy atom. The van der Waals surface area contributed by atoms with E-state index in [2.05, 4.69) is 35.1 Å². The van der Waals surface area contributed by atoms with E-state index in [0.29, 0.717) is 18.4 Å². The van der Waals surface area contributed by atoms with Gasteiger partial charge in [-0.1, -0.05) is 29.8 Å². The maximum Gasteiger partial charge on any atom is 0.220 e. The van der Waals surface area contributed by atoms with E-state index in [1.165, 1.54) is 0 Å². The maximum atomic E-state index is 11.8. The summed E-state index contributed by atoms with van der Waals surface area (Å²) in [5, 5.41) is 4.03. The molecule has 1 amide bonds. The van der Waals surface area contributed by atoms with Crippen LogP contribution in [0.3, 0.4) is 0 Å². The average Bonchev–Trinajstić information content (AvgIpc) is 2.24. The summed E-state index contributed by atoms with van der Waals surface area (Å²) in [4.78, 5) is 11.8. The summed E-state index contributed by atoms with van der Waals surface area (Å²) < 4.78 is 5.50. The zero-order chi connectivity index (χ0) is 13.6. The van der Waals surface area contributed by atoms with Crippen LogP contribution >= 0.6 is 15.9 Å². The highest BCUT2D eigenvalue weighted by atomic mass is 79.9. The van der Waals surface area contributed by atoms with Gasteiger partial charge in [-0.2, -0.15) is 0 Å². The van der Waals surface area contributed by atoms with Crippen LogP contribution in [0, 0.1) is 11.3 Å². The Kier molecular flexibility index (Phi) is 6.64. The molecule has 18 heavy (non-hydrogen) atoms. The summed E-state index contributed by atoms with van der Waals surface area (Å²) in [5.74, 6) is 0.721. The summed E-state index contributed by atoms with van der Waals surface area (Å²) in [6.45, 7) is 7.93. The first kappa shape index (κ1) is 16.0. The van der Waals surface area contributed by atoms with Crippen molar-refractivity contribution in [3.8, 4) is 0 Å². The van der Waals surface area contributed by atoms with Gasteiger partial charge in [0, 0.05) is 24.9 Å². The van der Waals surface area contributed by atoms with Crippen molar-refractivity contribution >= 4 is 21.8 Å². The first-order chi connectivity index (χ1) is 8.46. The first-order valence-electron chi connectivity index (χ1n) is 6.91. The quantitative estimate of drug-likeness (QED) is 0.698. The van der Waals surface area contributed by atoms with Gasteiger partial charge in [-0.3, -0.25) is 4.79 Å². The van der Waals surface area contributed by atoms with E-state index < -0.39 is 0 Å². The molecule has 4 heteroatoms. The van der Waals surface area contributed by atoms with Crippen LogP contribution in [0.2, 0.25) is 0 Å². The van der Waals surface area contributed by atoms with Crippen molar-refractivity contribution in [1.29, 1.82) is 0 Å². The van der Waals surface area contributed by atoms with Gasteiger partial charge in [0.2, 0.25) is 5.91 Å². The molecule has 0 atom stereocenters. The van der Waals surface area contributed by atoms with Gasteiger partial charge in [-0.25, -0.2) is 0 Å². The lowest BCUT2D eigenvalue weighted by atomic mass is 9.79. The zero-order valence-electron chi connectivity index (χ0n) is 11.8. The standard InChI is InChI=1S/C14H26BrNO2/c1-4-18-12-7-11(8-12)9-13(17)16-10-14(2,3)5-6-15/h11-12H,4-10H2,1-3H3,(H,16,17). The molecule has 106 valence electrons. The Hall–Kier alpha value is -0.0900. The Morgan fingerprint density at radius 1 is 1.44 bits per heavy atom. The molecule has 0 radical (unpaired) electrons. The number of carbonyl (C=O) groups is 1. The molecule has 1 fully saturated rings. The number of nitrogens with one attached hydrogen (secondary N) is 1. The van der Waals surface area contributed by atoms with E-state index in [1.807, 2.05) is 6.92 Å². The number of halogens is 1. The van der Waals surface area contributed by atoms with E-state index in [4.69, 9.17) is 4.74 Å². The van der Waals surface area contributed by atoms with Crippen molar-refractivity contribution in [3.63, 3.8) is 0 Å². The fourth-order valence-corrected chi connectivity index (χ4v) is 3.30. The van der Waals surface area contributed by atoms with Crippen LogP contribution in [0.1, 0.15) is 46.5 Å². The molecule has 0 saturated heterocycles. The highest BCUT2D eigenvalue weighted by molar-refractivity contribution is 9.09. The number of carbonyl (C=O) groups excluding carboxylic acids is 1. The third-order valence-electron chi connectivity index (χ3n) is 3.60. The highest BCUT2D eigenvalue weighted by Gasteiger charge is 2.31. The fraction of sp³-hybridized carbons (Fsp3) is 0.929. The van der Waals surface area contributed by atoms with Crippen LogP contribution < -0.4 is 5.32 Å². The highest BCUT2D eigenvalue weighted by Crippen LogP contribution is 2.32. The predicted octanol–water partition coefficient (Wildman–Crippen LogP) is 3.12. The number of rotatable bonds is 8. The molecule has 1 saturated carbocycles. The first-order valence-corrected chi connectivity index (χ1v) is 8.03. The summed E-state index contributed by atoms with van der Waals surface area (Å²) in [6.07, 6.45) is 4.23. The number of ether oxygens (including phenoxy) is 1. The van der Waals surface area contributed by atoms with Gasteiger partial charge in [-0.15, -0.1) is 0 Å². The van der Waals surface area contributed by atoms with Crippen molar-refractivity contribution in [1.82, 2.24) is 5.32 Å². The average molecular weight is 320 g/mol. The molecule has 1 aliphatic rings. The molecular formula is C14H26BrNO2. The number of amides is 1. The largest absolute Gasteiger partial charge is 0.378 e. The van der Waals surface area contributed by atoms with E-state index in [1.54, 1.807) is 0 Å². The lowest BCUT2D eigenvalue weighted by molar-refractivity contribution is -0.124. The van der Waals surface area contributed by atoms with E-state index in [9.17, 15) is 4.79 Å². The van der Waals surface area contributed by atoms with Crippen LogP contribution in [0.25, 0.3) is 0 Å². The molecule has 0 aromatic carbocycles. The van der Waals surface area contributed by atoms with Gasteiger partial charge in [0.25, 0.3) is 0 Å². The maximum absolute atomic E-state index is 11.8. The molecular weight excluding hydrogens is 294 g/mol. The van der Waals surface area contributed by atoms with Crippen LogP contribution in [-0.2, 0) is 9.53 Å². The normalized spacial score (nSPS) is 23.6. The molecule has 0 aromatic heterocycles. The van der Waals surface area contributed by atoms with Crippen LogP contribution in [0.5, 0.6) is 0 Å². The van der Waals surface area contributed by atoms with Gasteiger partial charge in [0.05, 0.1) is 6.10 Å². The second kappa shape index (κ2) is 7.49. The monoisotopic (exact) mass is 319 g/mol. The fourth-order valence-electron chi connectivity index (χ4n) is 2.23. The molecule has 0 aliphatic heterocycles. The molecule has 1 rings (SSSR count). The molecule has 0 heterocycles. The van der Waals surface area contributed by atoms with E-state index in [-0.39, 0.29) is 11.3 Å². The minimum Gasteiger partial charge on any atom is -0.378 e. The van der Waals surface area contributed by atoms with Crippen molar-refractivity contribution in [2.75, 3.05) is 18.5 Å². The molecule has 0 unspecified atom stereocenters. The molecule has 0 bridgehead atoms. The minimum atomic E-state index is 0.173. The molecule has 1 aliphatic carbocycles. The Morgan fingerprint density at radius 3 is 2.67 bits per heavy atom. The summed E-state index contributed by atoms with van der Waals surface area (Å²) >= 11 is 3.45. The van der Waals surface area contributed by atoms with Gasteiger partial charge in [0.1, 0.15) is 0 Å². The second-order valence-corrected chi connectivity index (χ2v) is 6.79. The minimum absolute atomic E-state index is 0.173. The van der Waals surface area contributed by atoms with Crippen molar-refractivity contribution in [2.24, 2.45) is 11.3 Å². The van der Waals surface area contributed by atoms with Gasteiger partial charge in [-0.05, 0) is 37.5 Å². The Bertz CT molecular complexity index is 263. The molecule has 0 aromatic rings. The molecule has 3 nitrogen and oxygen atoms in total. The summed E-state index contributed by atoms with van der Waals surface area (Å²) in [6, 6.07) is 0. The number of alkyl halides is 1. The predicted molar refractivity (Wildman–Crippen MR) is 78.0 cm³/mol. The number of hydrogen-bond donors (Lipinski definition) is 1. The molecule has 1 N–H and O–H groups in total. The topological polar surface area (TPSA) is 38.3 Å². The van der Waals surface area contributed by atoms with Crippen LogP contribution in [0.4, 0.5) is 0 Å². The Labute approximate surface area is 119 Å². The second-order valence-electron chi connectivity index (χ2n) is 6.00. The van der Waals surface area contributed by atoms with Crippen molar-refractivity contribution in [3.05, 3.63) is 0 Å². The lowest BCUT2D eigenvalue weighted by Gasteiger charge is -2.34. The third-order valence-corrected chi connectivity index (χ3v) is 4.00.